The minimum absolute atomic E-state index is 0.0222. The highest BCUT2D eigenvalue weighted by molar-refractivity contribution is 6.31. The summed E-state index contributed by atoms with van der Waals surface area (Å²) in [7, 11) is 3.12. The molecule has 5 N–H and O–H groups in total. The Morgan fingerprint density at radius 1 is 0.791 bits per heavy atom. The molecule has 8 atom stereocenters. The molecule has 0 aromatic heterocycles. The number of ether oxygens (including phenoxy) is 7. The van der Waals surface area contributed by atoms with Gasteiger partial charge in [0.25, 0.3) is 0 Å². The average Bonchev–Trinajstić information content (AvgIpc) is 1.95. The van der Waals surface area contributed by atoms with Gasteiger partial charge in [0.15, 0.2) is 11.9 Å². The molecule has 1 fully saturated rings. The Hall–Kier alpha value is -6.10. The third kappa shape index (κ3) is 26.1. The molecule has 0 radical (unpaired) electrons. The number of hydrogen-bond donors (Lipinski definition) is 5. The summed E-state index contributed by atoms with van der Waals surface area (Å²) in [6.45, 7) is 17.2. The van der Waals surface area contributed by atoms with Crippen molar-refractivity contribution in [2.75, 3.05) is 73.5 Å². The second-order valence-electron chi connectivity index (χ2n) is 23.6. The molecule has 4 rings (SSSR count). The monoisotopic (exact) mass is 1220 g/mol. The Bertz CT molecular complexity index is 2580. The number of rotatable bonds is 35. The summed E-state index contributed by atoms with van der Waals surface area (Å²) in [6.07, 6.45) is 1.17. The molecule has 2 aromatic carbocycles. The van der Waals surface area contributed by atoms with Crippen molar-refractivity contribution in [2.24, 2.45) is 29.1 Å². The average molecular weight is 1220 g/mol. The van der Waals surface area contributed by atoms with Gasteiger partial charge in [0.05, 0.1) is 63.8 Å². The van der Waals surface area contributed by atoms with E-state index >= 15 is 0 Å². The summed E-state index contributed by atoms with van der Waals surface area (Å²) in [6, 6.07) is 11.1. The maximum atomic E-state index is 14.1. The third-order valence-electron chi connectivity index (χ3n) is 15.1. The second-order valence-corrected chi connectivity index (χ2v) is 24.0. The van der Waals surface area contributed by atoms with Crippen molar-refractivity contribution in [3.63, 3.8) is 0 Å². The zero-order chi connectivity index (χ0) is 63.3. The highest BCUT2D eigenvalue weighted by atomic mass is 35.5. The molecular formula is C64H94ClN5O16. The van der Waals surface area contributed by atoms with Crippen LogP contribution in [-0.2, 0) is 89.2 Å². The molecule has 2 aliphatic rings. The van der Waals surface area contributed by atoms with Gasteiger partial charge in [-0.2, -0.15) is 0 Å². The van der Waals surface area contributed by atoms with E-state index in [4.69, 9.17) is 44.8 Å². The standard InChI is InChI=1S/C64H94ClN5O16/c1-40(2)35-53-62(78)84-52(13-11-15-56(75)69-49(37-45-18-17-42(5)48(65)36-45)61(77)68-39-64(7,8)63(79)85-53)43(6)59-60(86-59)46-22-19-44(20-23-46)21-25-50(71)47(38-51(72)58(41(3)4)70-57(76)16-12-14-54(73)66-9)24-26-55(74)67-27-28-81-31-32-83-34-33-82-30-29-80-10/h11,15,17-20,22-23,36,40-41,43,47,49,52-53,58-60H,12-14,16,21,24-35,37-39H2,1-10H3,(H,66,73)(H,67,74)(H,68,77)(H,69,75)(H,70,76)/b15-11+/t43-,47+,49+,52-,53-,58-,59+,60+/m0/s1. The maximum Gasteiger partial charge on any atom is 0.347 e. The van der Waals surface area contributed by atoms with E-state index in [1.807, 2.05) is 64.1 Å². The number of esters is 2. The van der Waals surface area contributed by atoms with E-state index in [1.54, 1.807) is 46.9 Å². The quantitative estimate of drug-likeness (QED) is 0.0294. The van der Waals surface area contributed by atoms with Gasteiger partial charge in [-0.1, -0.05) is 88.7 Å². The van der Waals surface area contributed by atoms with E-state index in [9.17, 15) is 43.2 Å². The fourth-order valence-electron chi connectivity index (χ4n) is 9.58. The number of carbonyl (C=O) groups is 9. The van der Waals surface area contributed by atoms with Gasteiger partial charge in [-0.3, -0.25) is 38.4 Å². The highest BCUT2D eigenvalue weighted by Gasteiger charge is 2.48. The summed E-state index contributed by atoms with van der Waals surface area (Å²) in [5.74, 6) is -5.55. The van der Waals surface area contributed by atoms with Crippen molar-refractivity contribution in [1.82, 2.24) is 26.6 Å². The van der Waals surface area contributed by atoms with Crippen LogP contribution in [0.25, 0.3) is 0 Å². The lowest BCUT2D eigenvalue weighted by Crippen LogP contribution is -2.51. The number of benzene rings is 2. The first-order chi connectivity index (χ1) is 40.9. The number of epoxide rings is 1. The minimum Gasteiger partial charge on any atom is -0.459 e. The Morgan fingerprint density at radius 2 is 1.44 bits per heavy atom. The lowest BCUT2D eigenvalue weighted by molar-refractivity contribution is -0.179. The van der Waals surface area contributed by atoms with Gasteiger partial charge < -0.3 is 59.7 Å². The predicted octanol–water partition coefficient (Wildman–Crippen LogP) is 6.15. The van der Waals surface area contributed by atoms with Gasteiger partial charge in [0, 0.05) is 89.1 Å². The maximum absolute atomic E-state index is 14.1. The van der Waals surface area contributed by atoms with Crippen molar-refractivity contribution in [3.8, 4) is 0 Å². The van der Waals surface area contributed by atoms with Crippen LogP contribution in [0.2, 0.25) is 5.02 Å². The number of halogens is 1. The van der Waals surface area contributed by atoms with E-state index in [1.165, 1.54) is 13.1 Å². The van der Waals surface area contributed by atoms with Gasteiger partial charge in [0.1, 0.15) is 24.0 Å². The molecule has 2 aromatic rings. The number of nitrogens with one attached hydrogen (secondary N) is 5. The number of methoxy groups -OCH3 is 1. The normalized spacial score (nSPS) is 20.6. The lowest BCUT2D eigenvalue weighted by atomic mass is 9.85. The Balaban J connectivity index is 1.44. The molecule has 2 aliphatic heterocycles. The van der Waals surface area contributed by atoms with Crippen LogP contribution in [0.3, 0.4) is 0 Å². The Morgan fingerprint density at radius 3 is 2.08 bits per heavy atom. The smallest absolute Gasteiger partial charge is 0.347 e. The number of hydrogen-bond acceptors (Lipinski definition) is 16. The van der Waals surface area contributed by atoms with E-state index < -0.39 is 71.4 Å². The molecule has 0 aliphatic carbocycles. The molecule has 86 heavy (non-hydrogen) atoms. The van der Waals surface area contributed by atoms with Gasteiger partial charge in [-0.05, 0) is 92.7 Å². The van der Waals surface area contributed by atoms with Gasteiger partial charge in [0.2, 0.25) is 29.5 Å². The van der Waals surface area contributed by atoms with Crippen molar-refractivity contribution >= 4 is 64.6 Å². The second kappa shape index (κ2) is 37.6. The molecule has 5 amide bonds. The van der Waals surface area contributed by atoms with Crippen LogP contribution < -0.4 is 26.6 Å². The third-order valence-corrected chi connectivity index (χ3v) is 15.5. The van der Waals surface area contributed by atoms with Crippen molar-refractivity contribution in [3.05, 3.63) is 81.9 Å². The first kappa shape index (κ1) is 72.4. The summed E-state index contributed by atoms with van der Waals surface area (Å²) in [5, 5.41) is 14.2. The van der Waals surface area contributed by atoms with Crippen molar-refractivity contribution < 1.29 is 76.3 Å². The topological polar surface area (TPSA) is 282 Å². The molecule has 22 heteroatoms. The van der Waals surface area contributed by atoms with Crippen LogP contribution >= 0.6 is 11.6 Å². The lowest BCUT2D eigenvalue weighted by Gasteiger charge is -2.29. The first-order valence-corrected chi connectivity index (χ1v) is 30.5. The molecule has 1 saturated heterocycles. The van der Waals surface area contributed by atoms with Gasteiger partial charge >= 0.3 is 11.9 Å². The zero-order valence-electron chi connectivity index (χ0n) is 52.0. The summed E-state index contributed by atoms with van der Waals surface area (Å²) in [4.78, 5) is 121. The van der Waals surface area contributed by atoms with Crippen LogP contribution in [0, 0.1) is 36.0 Å². The van der Waals surface area contributed by atoms with Crippen molar-refractivity contribution in [2.45, 2.75) is 163 Å². The summed E-state index contributed by atoms with van der Waals surface area (Å²) < 4.78 is 39.7. The Labute approximate surface area is 512 Å². The van der Waals surface area contributed by atoms with Crippen LogP contribution in [-0.4, -0.2) is 157 Å². The molecule has 478 valence electrons. The van der Waals surface area contributed by atoms with Gasteiger partial charge in [-0.25, -0.2) is 4.79 Å². The molecule has 0 spiro atoms. The van der Waals surface area contributed by atoms with Crippen LogP contribution in [0.1, 0.15) is 135 Å². The number of ketones is 2. The SMILES string of the molecule is CNC(=O)CCCC(=O)N[C@H](C(=O)C[C@@H](CCC(=O)NCCOCCOCCOCCOC)C(=O)CCc1ccc([C@H]2O[C@@H]2[C@@H](C)[C@@H]2C/C=C/C(=O)N[C@H](Cc3ccc(C)c(Cl)c3)C(=O)NCC(C)(C)C(=O)O[C@@H](CC(C)C)C(=O)O2)cc1)C(C)C. The number of amides is 5. The van der Waals surface area contributed by atoms with Crippen LogP contribution in [0.4, 0.5) is 0 Å². The molecule has 0 bridgehead atoms. The fourth-order valence-corrected chi connectivity index (χ4v) is 9.78. The summed E-state index contributed by atoms with van der Waals surface area (Å²) in [5.41, 5.74) is 1.97. The number of carbonyl (C=O) groups excluding carboxylic acids is 9. The molecular weight excluding hydrogens is 1130 g/mol. The van der Waals surface area contributed by atoms with E-state index in [2.05, 4.69) is 26.6 Å². The molecule has 2 heterocycles. The van der Waals surface area contributed by atoms with E-state index in [-0.39, 0.29) is 125 Å². The fraction of sp³-hybridized carbons (Fsp3) is 0.641. The molecule has 0 unspecified atom stereocenters. The Kier molecular flexibility index (Phi) is 31.6. The van der Waals surface area contributed by atoms with E-state index in [0.717, 1.165) is 16.7 Å². The highest BCUT2D eigenvalue weighted by Crippen LogP contribution is 2.45. The first-order valence-electron chi connectivity index (χ1n) is 30.1. The minimum atomic E-state index is -1.27. The number of cyclic esters (lactones) is 2. The van der Waals surface area contributed by atoms with Crippen LogP contribution in [0.15, 0.2) is 54.6 Å². The zero-order valence-corrected chi connectivity index (χ0v) is 52.8. The number of aryl methyl sites for hydroxylation is 2. The van der Waals surface area contributed by atoms with Crippen molar-refractivity contribution in [1.29, 1.82) is 0 Å². The van der Waals surface area contributed by atoms with Crippen LogP contribution in [0.5, 0.6) is 0 Å². The molecule has 21 nitrogen and oxygen atoms in total. The van der Waals surface area contributed by atoms with E-state index in [0.29, 0.717) is 63.1 Å². The predicted molar refractivity (Wildman–Crippen MR) is 323 cm³/mol. The molecule has 0 saturated carbocycles. The number of Topliss-reactive ketones (excluding diaryl/α,β-unsaturated/α-hetero) is 2. The summed E-state index contributed by atoms with van der Waals surface area (Å²) >= 11 is 6.41. The van der Waals surface area contributed by atoms with Gasteiger partial charge in [-0.15, -0.1) is 0 Å². The largest absolute Gasteiger partial charge is 0.459 e.